The van der Waals surface area contributed by atoms with Gasteiger partial charge in [0.15, 0.2) is 6.29 Å². The SMILES string of the molecule is C=C/C=C\C=C(/C)C1OCC(CO)(N(O)C(=O)CNCC(O)P(C)(C)=O)CO1. The van der Waals surface area contributed by atoms with Crippen LogP contribution in [-0.2, 0) is 18.8 Å². The monoisotopic (exact) mass is 418 g/mol. The van der Waals surface area contributed by atoms with Gasteiger partial charge in [-0.1, -0.05) is 30.9 Å². The number of allylic oxidation sites excluding steroid dienone is 4. The van der Waals surface area contributed by atoms with Gasteiger partial charge in [-0.25, -0.2) is 5.06 Å². The third-order valence-electron chi connectivity index (χ3n) is 4.29. The molecule has 0 aromatic carbocycles. The molecule has 1 saturated heterocycles. The minimum Gasteiger partial charge on any atom is -0.394 e. The van der Waals surface area contributed by atoms with Crippen molar-refractivity contribution in [3.63, 3.8) is 0 Å². The molecule has 10 heteroatoms. The predicted octanol–water partition coefficient (Wildman–Crippen LogP) is 0.527. The molecule has 1 amide bonds. The highest BCUT2D eigenvalue weighted by molar-refractivity contribution is 7.62. The van der Waals surface area contributed by atoms with E-state index in [9.17, 15) is 24.8 Å². The maximum Gasteiger partial charge on any atom is 0.260 e. The first kappa shape index (κ1) is 24.7. The maximum absolute atomic E-state index is 12.2. The van der Waals surface area contributed by atoms with Crippen LogP contribution in [0.25, 0.3) is 0 Å². The summed E-state index contributed by atoms with van der Waals surface area (Å²) in [6.45, 7) is 7.06. The Morgan fingerprint density at radius 3 is 2.50 bits per heavy atom. The molecule has 160 valence electrons. The van der Waals surface area contributed by atoms with E-state index in [1.165, 1.54) is 13.3 Å². The Labute approximate surface area is 165 Å². The van der Waals surface area contributed by atoms with Gasteiger partial charge < -0.3 is 29.6 Å². The number of amides is 1. The second kappa shape index (κ2) is 11.0. The Bertz CT molecular complexity index is 636. The van der Waals surface area contributed by atoms with Crippen molar-refractivity contribution in [2.24, 2.45) is 0 Å². The van der Waals surface area contributed by atoms with Crippen molar-refractivity contribution >= 4 is 13.0 Å². The minimum absolute atomic E-state index is 0.0622. The van der Waals surface area contributed by atoms with E-state index >= 15 is 0 Å². The van der Waals surface area contributed by atoms with Gasteiger partial charge in [0.1, 0.15) is 18.5 Å². The van der Waals surface area contributed by atoms with E-state index in [1.807, 2.05) is 0 Å². The molecule has 1 heterocycles. The fourth-order valence-electron chi connectivity index (χ4n) is 2.33. The molecule has 0 bridgehead atoms. The summed E-state index contributed by atoms with van der Waals surface area (Å²) >= 11 is 0. The van der Waals surface area contributed by atoms with Crippen molar-refractivity contribution in [3.05, 3.63) is 36.5 Å². The number of hydrogen-bond acceptors (Lipinski definition) is 8. The summed E-state index contributed by atoms with van der Waals surface area (Å²) in [5.74, 6) is -1.83. The maximum atomic E-state index is 12.2. The summed E-state index contributed by atoms with van der Waals surface area (Å²) in [6.07, 6.45) is 6.28. The van der Waals surface area contributed by atoms with Crippen molar-refractivity contribution in [3.8, 4) is 0 Å². The van der Waals surface area contributed by atoms with E-state index in [0.717, 1.165) is 5.57 Å². The highest BCUT2D eigenvalue weighted by Crippen LogP contribution is 2.40. The number of carbonyl (C=O) groups is 1. The number of nitrogens with one attached hydrogen (secondary N) is 1. The van der Waals surface area contributed by atoms with Crippen molar-refractivity contribution < 1.29 is 34.3 Å². The number of aliphatic hydroxyl groups is 2. The lowest BCUT2D eigenvalue weighted by Gasteiger charge is -2.43. The molecular formula is C18H31N2O7P. The van der Waals surface area contributed by atoms with E-state index in [4.69, 9.17) is 9.47 Å². The molecular weight excluding hydrogens is 387 g/mol. The molecule has 0 aliphatic carbocycles. The van der Waals surface area contributed by atoms with Crippen LogP contribution >= 0.6 is 7.14 Å². The average Bonchev–Trinajstić information content (AvgIpc) is 2.66. The molecule has 28 heavy (non-hydrogen) atoms. The lowest BCUT2D eigenvalue weighted by atomic mass is 10.0. The number of hydrogen-bond donors (Lipinski definition) is 4. The molecule has 1 rings (SSSR count). The third-order valence-corrected chi connectivity index (χ3v) is 5.90. The fraction of sp³-hybridized carbons (Fsp3) is 0.611. The normalized spacial score (nSPS) is 24.9. The summed E-state index contributed by atoms with van der Waals surface area (Å²) in [5.41, 5.74) is -0.657. The van der Waals surface area contributed by atoms with E-state index in [2.05, 4.69) is 11.9 Å². The first-order chi connectivity index (χ1) is 13.1. The molecule has 1 aliphatic heterocycles. The molecule has 1 fully saturated rings. The standard InChI is InChI=1S/C18H31N2O7P/c1-5-6-7-8-14(2)17-26-12-18(11-21,13-27-17)20(24)15(22)9-19-10-16(23)28(3,4)25/h5-8,16-17,19,21,23-24H,1,9-13H2,2-4H3/b7-6-,14-8+. The molecule has 0 saturated carbocycles. The first-order valence-electron chi connectivity index (χ1n) is 8.82. The molecule has 1 aliphatic rings. The van der Waals surface area contributed by atoms with Gasteiger partial charge in [-0.2, -0.15) is 0 Å². The van der Waals surface area contributed by atoms with Gasteiger partial charge >= 0.3 is 0 Å². The van der Waals surface area contributed by atoms with Gasteiger partial charge in [-0.3, -0.25) is 10.0 Å². The van der Waals surface area contributed by atoms with E-state index in [-0.39, 0.29) is 26.3 Å². The molecule has 1 unspecified atom stereocenters. The molecule has 9 nitrogen and oxygen atoms in total. The number of nitrogens with zero attached hydrogens (tertiary/aromatic N) is 1. The van der Waals surface area contributed by atoms with Crippen LogP contribution in [0.1, 0.15) is 6.92 Å². The van der Waals surface area contributed by atoms with E-state index in [1.54, 1.807) is 31.2 Å². The van der Waals surface area contributed by atoms with Crippen LogP contribution in [0.4, 0.5) is 0 Å². The van der Waals surface area contributed by atoms with Gasteiger partial charge in [-0.15, -0.1) is 0 Å². The summed E-state index contributed by atoms with van der Waals surface area (Å²) in [4.78, 5) is 12.2. The Morgan fingerprint density at radius 2 is 2.00 bits per heavy atom. The summed E-state index contributed by atoms with van der Waals surface area (Å²) in [5, 5.41) is 32.8. The van der Waals surface area contributed by atoms with Crippen LogP contribution in [0.5, 0.6) is 0 Å². The number of carbonyl (C=O) groups excluding carboxylic acids is 1. The molecule has 0 radical (unpaired) electrons. The van der Waals surface area contributed by atoms with Crippen molar-refractivity contribution in [1.29, 1.82) is 0 Å². The zero-order valence-corrected chi connectivity index (χ0v) is 17.5. The van der Waals surface area contributed by atoms with Crippen LogP contribution in [0.15, 0.2) is 36.5 Å². The van der Waals surface area contributed by atoms with Gasteiger partial charge in [0.05, 0.1) is 26.4 Å². The molecule has 0 aromatic heterocycles. The quantitative estimate of drug-likeness (QED) is 0.175. The first-order valence-corrected chi connectivity index (χ1v) is 11.5. The highest BCUT2D eigenvalue weighted by atomic mass is 31.2. The number of hydroxylamine groups is 2. The van der Waals surface area contributed by atoms with E-state index in [0.29, 0.717) is 5.06 Å². The van der Waals surface area contributed by atoms with Crippen LogP contribution in [0, 0.1) is 0 Å². The Hall–Kier alpha value is -1.32. The van der Waals surface area contributed by atoms with Gasteiger partial charge in [-0.05, 0) is 25.8 Å². The molecule has 0 spiro atoms. The van der Waals surface area contributed by atoms with Gasteiger partial charge in [0.2, 0.25) is 0 Å². The lowest BCUT2D eigenvalue weighted by Crippen LogP contribution is -2.63. The number of ether oxygens (including phenoxy) is 2. The highest BCUT2D eigenvalue weighted by Gasteiger charge is 2.44. The lowest BCUT2D eigenvalue weighted by molar-refractivity contribution is -0.276. The Kier molecular flexibility index (Phi) is 9.73. The van der Waals surface area contributed by atoms with Gasteiger partial charge in [0, 0.05) is 6.54 Å². The van der Waals surface area contributed by atoms with Crippen LogP contribution < -0.4 is 5.32 Å². The number of rotatable bonds is 10. The van der Waals surface area contributed by atoms with Crippen LogP contribution in [-0.4, -0.2) is 90.3 Å². The molecule has 4 N–H and O–H groups in total. The smallest absolute Gasteiger partial charge is 0.260 e. The largest absolute Gasteiger partial charge is 0.394 e. The second-order valence-electron chi connectivity index (χ2n) is 7.12. The zero-order valence-electron chi connectivity index (χ0n) is 16.6. The molecule has 1 atom stereocenters. The summed E-state index contributed by atoms with van der Waals surface area (Å²) < 4.78 is 22.9. The Balaban J connectivity index is 2.63. The molecule has 0 aromatic rings. The predicted molar refractivity (Wildman–Crippen MR) is 106 cm³/mol. The second-order valence-corrected chi connectivity index (χ2v) is 10.6. The van der Waals surface area contributed by atoms with E-state index < -0.39 is 37.3 Å². The zero-order chi connectivity index (χ0) is 21.4. The minimum atomic E-state index is -2.70. The number of aliphatic hydroxyl groups excluding tert-OH is 2. The summed E-state index contributed by atoms with van der Waals surface area (Å²) in [6, 6.07) is 0. The topological polar surface area (TPSA) is 129 Å². The van der Waals surface area contributed by atoms with Crippen LogP contribution in [0.2, 0.25) is 0 Å². The van der Waals surface area contributed by atoms with Crippen molar-refractivity contribution in [2.45, 2.75) is 24.6 Å². The third kappa shape index (κ3) is 6.93. The van der Waals surface area contributed by atoms with Gasteiger partial charge in [0.25, 0.3) is 5.91 Å². The van der Waals surface area contributed by atoms with Crippen molar-refractivity contribution in [1.82, 2.24) is 10.4 Å². The Morgan fingerprint density at radius 1 is 1.39 bits per heavy atom. The average molecular weight is 418 g/mol. The fourth-order valence-corrected chi connectivity index (χ4v) is 2.90. The summed E-state index contributed by atoms with van der Waals surface area (Å²) in [7, 11) is -2.70. The van der Waals surface area contributed by atoms with Crippen LogP contribution in [0.3, 0.4) is 0 Å². The van der Waals surface area contributed by atoms with Crippen molar-refractivity contribution in [2.75, 3.05) is 46.2 Å².